The van der Waals surface area contributed by atoms with Gasteiger partial charge in [0.25, 0.3) is 0 Å². The highest BCUT2D eigenvalue weighted by Gasteiger charge is 2.35. The van der Waals surface area contributed by atoms with Crippen LogP contribution in [0.15, 0.2) is 66.7 Å². The second-order valence-electron chi connectivity index (χ2n) is 8.41. The second kappa shape index (κ2) is 8.22. The van der Waals surface area contributed by atoms with Crippen molar-refractivity contribution >= 4 is 34.2 Å². The van der Waals surface area contributed by atoms with E-state index < -0.39 is 5.92 Å². The highest BCUT2D eigenvalue weighted by atomic mass is 16.6. The Morgan fingerprint density at radius 1 is 1.00 bits per heavy atom. The van der Waals surface area contributed by atoms with Crippen LogP contribution < -0.4 is 19.7 Å². The number of benzene rings is 3. The molecule has 1 saturated heterocycles. The number of nitrogens with one attached hydrogen (secondary N) is 2. The third-order valence-electron chi connectivity index (χ3n) is 6.13. The zero-order valence-electron chi connectivity index (χ0n) is 18.3. The van der Waals surface area contributed by atoms with Crippen LogP contribution in [-0.4, -0.2) is 41.5 Å². The highest BCUT2D eigenvalue weighted by molar-refractivity contribution is 6.03. The molecule has 4 aromatic rings. The molecule has 2 aliphatic rings. The molecule has 2 N–H and O–H groups in total. The number of H-pyrrole nitrogens is 1. The number of amides is 2. The number of carbonyl (C=O) groups is 2. The van der Waals surface area contributed by atoms with Crippen LogP contribution >= 0.6 is 0 Å². The molecule has 0 spiro atoms. The summed E-state index contributed by atoms with van der Waals surface area (Å²) >= 11 is 0. The van der Waals surface area contributed by atoms with Crippen molar-refractivity contribution in [2.75, 3.05) is 30.0 Å². The molecular weight excluding hydrogens is 432 g/mol. The summed E-state index contributed by atoms with van der Waals surface area (Å²) in [4.78, 5) is 35.3. The summed E-state index contributed by atoms with van der Waals surface area (Å²) in [5.74, 6) is 1.30. The molecular formula is C26H22N4O4. The van der Waals surface area contributed by atoms with E-state index in [1.807, 2.05) is 54.6 Å². The van der Waals surface area contributed by atoms with E-state index in [0.717, 1.165) is 22.4 Å². The van der Waals surface area contributed by atoms with E-state index in [-0.39, 0.29) is 18.2 Å². The third-order valence-corrected chi connectivity index (χ3v) is 6.13. The molecule has 0 aliphatic carbocycles. The average molecular weight is 454 g/mol. The van der Waals surface area contributed by atoms with E-state index in [0.29, 0.717) is 42.6 Å². The largest absolute Gasteiger partial charge is 0.486 e. The number of aromatic nitrogens is 2. The monoisotopic (exact) mass is 454 g/mol. The van der Waals surface area contributed by atoms with E-state index in [1.165, 1.54) is 0 Å². The topological polar surface area (TPSA) is 96.5 Å². The predicted octanol–water partition coefficient (Wildman–Crippen LogP) is 3.99. The Labute approximate surface area is 195 Å². The minimum atomic E-state index is -0.449. The van der Waals surface area contributed by atoms with E-state index >= 15 is 0 Å². The molecule has 2 aliphatic heterocycles. The number of para-hydroxylation sites is 2. The van der Waals surface area contributed by atoms with Gasteiger partial charge < -0.3 is 24.7 Å². The van der Waals surface area contributed by atoms with Crippen molar-refractivity contribution in [2.45, 2.75) is 6.42 Å². The number of hydrogen-bond acceptors (Lipinski definition) is 5. The first-order valence-corrected chi connectivity index (χ1v) is 11.2. The number of fused-ring (bicyclic) bond motifs is 2. The predicted molar refractivity (Wildman–Crippen MR) is 128 cm³/mol. The Morgan fingerprint density at radius 2 is 1.85 bits per heavy atom. The van der Waals surface area contributed by atoms with Crippen molar-refractivity contribution in [3.63, 3.8) is 0 Å². The molecule has 8 nitrogen and oxygen atoms in total. The molecule has 0 bridgehead atoms. The Morgan fingerprint density at radius 3 is 2.74 bits per heavy atom. The molecule has 6 rings (SSSR count). The Hall–Kier alpha value is -4.33. The fourth-order valence-electron chi connectivity index (χ4n) is 4.41. The number of hydrogen-bond donors (Lipinski definition) is 2. The minimum absolute atomic E-state index is 0.0899. The molecule has 3 heterocycles. The zero-order chi connectivity index (χ0) is 23.1. The normalized spacial score (nSPS) is 17.2. The summed E-state index contributed by atoms with van der Waals surface area (Å²) in [5.41, 5.74) is 4.07. The molecule has 1 fully saturated rings. The van der Waals surface area contributed by atoms with Gasteiger partial charge in [-0.15, -0.1) is 0 Å². The van der Waals surface area contributed by atoms with E-state index in [9.17, 15) is 9.59 Å². The van der Waals surface area contributed by atoms with Gasteiger partial charge in [0.15, 0.2) is 11.5 Å². The molecule has 1 atom stereocenters. The quantitative estimate of drug-likeness (QED) is 0.486. The van der Waals surface area contributed by atoms with Crippen molar-refractivity contribution in [1.29, 1.82) is 0 Å². The lowest BCUT2D eigenvalue weighted by Crippen LogP contribution is -2.28. The minimum Gasteiger partial charge on any atom is -0.486 e. The van der Waals surface area contributed by atoms with Crippen LogP contribution in [0.3, 0.4) is 0 Å². The lowest BCUT2D eigenvalue weighted by atomic mass is 10.1. The fourth-order valence-corrected chi connectivity index (χ4v) is 4.41. The molecule has 34 heavy (non-hydrogen) atoms. The third kappa shape index (κ3) is 3.73. The van der Waals surface area contributed by atoms with Crippen LogP contribution in [0.25, 0.3) is 22.4 Å². The van der Waals surface area contributed by atoms with E-state index in [4.69, 9.17) is 9.47 Å². The Kier molecular flexibility index (Phi) is 4.91. The molecule has 8 heteroatoms. The summed E-state index contributed by atoms with van der Waals surface area (Å²) in [6.45, 7) is 1.30. The van der Waals surface area contributed by atoms with Gasteiger partial charge in [-0.3, -0.25) is 9.59 Å². The van der Waals surface area contributed by atoms with Crippen LogP contribution in [0.5, 0.6) is 11.5 Å². The Bertz CT molecular complexity index is 1380. The molecule has 0 saturated carbocycles. The van der Waals surface area contributed by atoms with Crippen LogP contribution in [0.2, 0.25) is 0 Å². The molecule has 2 amide bonds. The van der Waals surface area contributed by atoms with Crippen molar-refractivity contribution < 1.29 is 19.1 Å². The van der Waals surface area contributed by atoms with Gasteiger partial charge in [-0.05, 0) is 36.4 Å². The van der Waals surface area contributed by atoms with Gasteiger partial charge in [-0.25, -0.2) is 4.98 Å². The number of ether oxygens (including phenoxy) is 2. The van der Waals surface area contributed by atoms with Crippen LogP contribution in [0.4, 0.5) is 11.4 Å². The summed E-state index contributed by atoms with van der Waals surface area (Å²) in [7, 11) is 0. The van der Waals surface area contributed by atoms with E-state index in [2.05, 4.69) is 15.3 Å². The van der Waals surface area contributed by atoms with Gasteiger partial charge in [0, 0.05) is 36.0 Å². The maximum Gasteiger partial charge on any atom is 0.229 e. The number of imidazole rings is 1. The number of carbonyl (C=O) groups excluding carboxylic acids is 2. The van der Waals surface area contributed by atoms with Crippen molar-refractivity contribution in [3.05, 3.63) is 66.7 Å². The number of aromatic amines is 1. The van der Waals surface area contributed by atoms with E-state index in [1.54, 1.807) is 17.0 Å². The molecule has 1 aromatic heterocycles. The summed E-state index contributed by atoms with van der Waals surface area (Å²) in [6, 6.07) is 20.8. The summed E-state index contributed by atoms with van der Waals surface area (Å²) < 4.78 is 11.2. The summed E-state index contributed by atoms with van der Waals surface area (Å²) in [5, 5.41) is 2.97. The second-order valence-corrected chi connectivity index (χ2v) is 8.41. The van der Waals surface area contributed by atoms with Gasteiger partial charge >= 0.3 is 0 Å². The lowest BCUT2D eigenvalue weighted by Gasteiger charge is -2.22. The number of nitrogens with zero attached hydrogens (tertiary/aromatic N) is 2. The molecule has 3 aromatic carbocycles. The summed E-state index contributed by atoms with van der Waals surface area (Å²) in [6.07, 6.45) is 0.156. The molecule has 170 valence electrons. The van der Waals surface area contributed by atoms with Crippen LogP contribution in [0.1, 0.15) is 6.42 Å². The fraction of sp³-hybridized carbons (Fsp3) is 0.192. The van der Waals surface area contributed by atoms with Gasteiger partial charge in [0.05, 0.1) is 17.0 Å². The van der Waals surface area contributed by atoms with Crippen molar-refractivity contribution in [2.24, 2.45) is 5.92 Å². The maximum atomic E-state index is 13.0. The number of anilines is 2. The van der Waals surface area contributed by atoms with Crippen LogP contribution in [0, 0.1) is 5.92 Å². The lowest BCUT2D eigenvalue weighted by molar-refractivity contribution is -0.122. The first kappa shape index (κ1) is 20.3. The van der Waals surface area contributed by atoms with Gasteiger partial charge in [-0.2, -0.15) is 0 Å². The molecule has 0 radical (unpaired) electrons. The maximum absolute atomic E-state index is 13.0. The van der Waals surface area contributed by atoms with Gasteiger partial charge in [0.1, 0.15) is 19.0 Å². The number of rotatable bonds is 4. The smallest absolute Gasteiger partial charge is 0.229 e. The SMILES string of the molecule is O=C(Nc1cccc(-c2nc3ccccc3[nH]2)c1)C1CC(=O)N(c2ccc3c(c2)OCCO3)C1. The van der Waals surface area contributed by atoms with Crippen LogP contribution in [-0.2, 0) is 9.59 Å². The zero-order valence-corrected chi connectivity index (χ0v) is 18.3. The van der Waals surface area contributed by atoms with Gasteiger partial charge in [0.2, 0.25) is 11.8 Å². The first-order chi connectivity index (χ1) is 16.6. The average Bonchev–Trinajstić information content (AvgIpc) is 3.48. The highest BCUT2D eigenvalue weighted by Crippen LogP contribution is 2.36. The van der Waals surface area contributed by atoms with Crippen molar-refractivity contribution in [1.82, 2.24) is 9.97 Å². The standard InChI is InChI=1S/C26H22N4O4/c31-24-13-17(15-30(24)19-8-9-22-23(14-19)34-11-10-33-22)26(32)27-18-5-3-4-16(12-18)25-28-20-6-1-2-7-21(20)29-25/h1-9,12,14,17H,10-11,13,15H2,(H,27,32)(H,28,29). The van der Waals surface area contributed by atoms with Gasteiger partial charge in [-0.1, -0.05) is 24.3 Å². The Balaban J connectivity index is 1.17. The first-order valence-electron chi connectivity index (χ1n) is 11.2. The van der Waals surface area contributed by atoms with Crippen molar-refractivity contribution in [3.8, 4) is 22.9 Å². The molecule has 1 unspecified atom stereocenters.